The van der Waals surface area contributed by atoms with Crippen molar-refractivity contribution in [2.75, 3.05) is 0 Å². The second-order valence-electron chi connectivity index (χ2n) is 3.53. The normalized spacial score (nSPS) is 10.2. The van der Waals surface area contributed by atoms with E-state index >= 15 is 0 Å². The molecule has 0 radical (unpaired) electrons. The number of benzene rings is 1. The number of hydrogen-bond donors (Lipinski definition) is 1. The molecule has 2 rings (SSSR count). The van der Waals surface area contributed by atoms with Crippen LogP contribution in [0.4, 0.5) is 0 Å². The maximum absolute atomic E-state index is 11.7. The Labute approximate surface area is 88.2 Å². The lowest BCUT2D eigenvalue weighted by molar-refractivity contribution is 0.0984. The fourth-order valence-corrected chi connectivity index (χ4v) is 1.51. The monoisotopic (exact) mass is 200 g/mol. The number of H-pyrrole nitrogens is 1. The molecule has 0 aliphatic carbocycles. The maximum atomic E-state index is 11.7. The van der Waals surface area contributed by atoms with Gasteiger partial charge in [0.15, 0.2) is 5.82 Å². The number of hydrogen-bond acceptors (Lipinski definition) is 2. The summed E-state index contributed by atoms with van der Waals surface area (Å²) in [6, 6.07) is 7.94. The summed E-state index contributed by atoms with van der Waals surface area (Å²) in [6.45, 7) is 2.01. The van der Waals surface area contributed by atoms with Gasteiger partial charge in [0.05, 0.1) is 0 Å². The van der Waals surface area contributed by atoms with Crippen molar-refractivity contribution in [3.05, 3.63) is 53.6 Å². The van der Waals surface area contributed by atoms with Crippen LogP contribution in [0.15, 0.2) is 36.7 Å². The topological polar surface area (TPSA) is 45.8 Å². The Bertz CT molecular complexity index is 460. The SMILES string of the molecule is Cc1cccc(CC(=O)c2ncc[nH]2)c1. The van der Waals surface area contributed by atoms with Crippen LogP contribution in [0.25, 0.3) is 0 Å². The van der Waals surface area contributed by atoms with Crippen LogP contribution in [0.3, 0.4) is 0 Å². The lowest BCUT2D eigenvalue weighted by Gasteiger charge is -2.00. The van der Waals surface area contributed by atoms with Gasteiger partial charge in [0, 0.05) is 18.8 Å². The molecular weight excluding hydrogens is 188 g/mol. The molecule has 0 aliphatic heterocycles. The molecule has 0 saturated heterocycles. The van der Waals surface area contributed by atoms with Crippen LogP contribution in [0.2, 0.25) is 0 Å². The number of ketones is 1. The van der Waals surface area contributed by atoms with Gasteiger partial charge in [-0.1, -0.05) is 29.8 Å². The van der Waals surface area contributed by atoms with Gasteiger partial charge in [0.1, 0.15) is 0 Å². The second-order valence-corrected chi connectivity index (χ2v) is 3.53. The van der Waals surface area contributed by atoms with E-state index in [-0.39, 0.29) is 5.78 Å². The lowest BCUT2D eigenvalue weighted by atomic mass is 10.1. The van der Waals surface area contributed by atoms with E-state index in [0.717, 1.165) is 5.56 Å². The number of carbonyl (C=O) groups is 1. The molecule has 1 heterocycles. The smallest absolute Gasteiger partial charge is 0.202 e. The molecule has 1 N–H and O–H groups in total. The molecule has 0 amide bonds. The van der Waals surface area contributed by atoms with Crippen molar-refractivity contribution < 1.29 is 4.79 Å². The molecule has 0 aliphatic rings. The Morgan fingerprint density at radius 3 is 3.00 bits per heavy atom. The number of nitrogens with zero attached hydrogens (tertiary/aromatic N) is 1. The molecule has 0 fully saturated rings. The minimum atomic E-state index is 0.0191. The number of aromatic nitrogens is 2. The highest BCUT2D eigenvalue weighted by molar-refractivity contribution is 5.94. The highest BCUT2D eigenvalue weighted by atomic mass is 16.1. The summed E-state index contributed by atoms with van der Waals surface area (Å²) in [5, 5.41) is 0. The van der Waals surface area contributed by atoms with Gasteiger partial charge in [-0.25, -0.2) is 4.98 Å². The molecule has 76 valence electrons. The van der Waals surface area contributed by atoms with E-state index in [2.05, 4.69) is 9.97 Å². The second kappa shape index (κ2) is 4.09. The number of rotatable bonds is 3. The molecule has 0 bridgehead atoms. The molecule has 3 nitrogen and oxygen atoms in total. The summed E-state index contributed by atoms with van der Waals surface area (Å²) in [5.74, 6) is 0.446. The van der Waals surface area contributed by atoms with Crippen LogP contribution in [0.5, 0.6) is 0 Å². The molecule has 15 heavy (non-hydrogen) atoms. The van der Waals surface area contributed by atoms with Crippen molar-refractivity contribution in [3.8, 4) is 0 Å². The molecule has 0 saturated carbocycles. The Kier molecular flexibility index (Phi) is 2.63. The van der Waals surface area contributed by atoms with Crippen molar-refractivity contribution in [1.82, 2.24) is 9.97 Å². The van der Waals surface area contributed by atoms with Gasteiger partial charge in [-0.05, 0) is 12.5 Å². The summed E-state index contributed by atoms with van der Waals surface area (Å²) in [6.07, 6.45) is 3.64. The van der Waals surface area contributed by atoms with E-state index in [1.54, 1.807) is 12.4 Å². The number of aryl methyl sites for hydroxylation is 1. The van der Waals surface area contributed by atoms with Crippen molar-refractivity contribution in [2.45, 2.75) is 13.3 Å². The highest BCUT2D eigenvalue weighted by Crippen LogP contribution is 2.07. The fraction of sp³-hybridized carbons (Fsp3) is 0.167. The molecule has 0 spiro atoms. The number of aromatic amines is 1. The minimum absolute atomic E-state index is 0.0191. The molecule has 1 aromatic heterocycles. The van der Waals surface area contributed by atoms with Crippen LogP contribution in [-0.4, -0.2) is 15.8 Å². The van der Waals surface area contributed by atoms with Crippen LogP contribution >= 0.6 is 0 Å². The molecule has 0 unspecified atom stereocenters. The molecule has 3 heteroatoms. The zero-order valence-corrected chi connectivity index (χ0v) is 8.53. The van der Waals surface area contributed by atoms with Crippen LogP contribution in [0, 0.1) is 6.92 Å². The molecule has 2 aromatic rings. The Balaban J connectivity index is 2.13. The van der Waals surface area contributed by atoms with Gasteiger partial charge in [-0.2, -0.15) is 0 Å². The van der Waals surface area contributed by atoms with E-state index in [1.165, 1.54) is 5.56 Å². The molecule has 1 aromatic carbocycles. The van der Waals surface area contributed by atoms with E-state index in [9.17, 15) is 4.79 Å². The van der Waals surface area contributed by atoms with Gasteiger partial charge in [0.2, 0.25) is 5.78 Å². The first-order valence-corrected chi connectivity index (χ1v) is 4.84. The Morgan fingerprint density at radius 2 is 2.33 bits per heavy atom. The van der Waals surface area contributed by atoms with Crippen molar-refractivity contribution in [3.63, 3.8) is 0 Å². The third kappa shape index (κ3) is 2.31. The first-order valence-electron chi connectivity index (χ1n) is 4.84. The van der Waals surface area contributed by atoms with Crippen molar-refractivity contribution >= 4 is 5.78 Å². The Morgan fingerprint density at radius 1 is 1.47 bits per heavy atom. The first kappa shape index (κ1) is 9.65. The quantitative estimate of drug-likeness (QED) is 0.771. The summed E-state index contributed by atoms with van der Waals surface area (Å²) in [4.78, 5) is 18.4. The number of nitrogens with one attached hydrogen (secondary N) is 1. The number of imidazole rings is 1. The standard InChI is InChI=1S/C12H12N2O/c1-9-3-2-4-10(7-9)8-11(15)12-13-5-6-14-12/h2-7H,8H2,1H3,(H,13,14). The fourth-order valence-electron chi connectivity index (χ4n) is 1.51. The first-order chi connectivity index (χ1) is 7.25. The van der Waals surface area contributed by atoms with Gasteiger partial charge < -0.3 is 4.98 Å². The predicted octanol–water partition coefficient (Wildman–Crippen LogP) is 2.14. The summed E-state index contributed by atoms with van der Waals surface area (Å²) in [5.41, 5.74) is 2.19. The zero-order valence-electron chi connectivity index (χ0n) is 8.53. The van der Waals surface area contributed by atoms with E-state index < -0.39 is 0 Å². The largest absolute Gasteiger partial charge is 0.342 e. The number of carbonyl (C=O) groups excluding carboxylic acids is 1. The van der Waals surface area contributed by atoms with Gasteiger partial charge in [-0.15, -0.1) is 0 Å². The average Bonchev–Trinajstić information content (AvgIpc) is 2.70. The van der Waals surface area contributed by atoms with E-state index in [0.29, 0.717) is 12.2 Å². The van der Waals surface area contributed by atoms with Crippen LogP contribution in [-0.2, 0) is 6.42 Å². The predicted molar refractivity (Wildman–Crippen MR) is 57.8 cm³/mol. The summed E-state index contributed by atoms with van der Waals surface area (Å²) >= 11 is 0. The van der Waals surface area contributed by atoms with Crippen LogP contribution in [0.1, 0.15) is 21.7 Å². The highest BCUT2D eigenvalue weighted by Gasteiger charge is 2.08. The number of Topliss-reactive ketones (excluding diaryl/α,β-unsaturated/α-hetero) is 1. The molecular formula is C12H12N2O. The zero-order chi connectivity index (χ0) is 10.7. The van der Waals surface area contributed by atoms with Crippen molar-refractivity contribution in [1.29, 1.82) is 0 Å². The van der Waals surface area contributed by atoms with Gasteiger partial charge >= 0.3 is 0 Å². The van der Waals surface area contributed by atoms with E-state index in [1.807, 2.05) is 31.2 Å². The van der Waals surface area contributed by atoms with Gasteiger partial charge in [-0.3, -0.25) is 4.79 Å². The van der Waals surface area contributed by atoms with E-state index in [4.69, 9.17) is 0 Å². The lowest BCUT2D eigenvalue weighted by Crippen LogP contribution is -2.05. The summed E-state index contributed by atoms with van der Waals surface area (Å²) in [7, 11) is 0. The maximum Gasteiger partial charge on any atom is 0.202 e. The van der Waals surface area contributed by atoms with Gasteiger partial charge in [0.25, 0.3) is 0 Å². The summed E-state index contributed by atoms with van der Waals surface area (Å²) < 4.78 is 0. The third-order valence-electron chi connectivity index (χ3n) is 2.21. The van der Waals surface area contributed by atoms with Crippen molar-refractivity contribution in [2.24, 2.45) is 0 Å². The van der Waals surface area contributed by atoms with Crippen LogP contribution < -0.4 is 0 Å². The minimum Gasteiger partial charge on any atom is -0.342 e. The Hall–Kier alpha value is -1.90. The third-order valence-corrected chi connectivity index (χ3v) is 2.21. The molecule has 0 atom stereocenters. The average molecular weight is 200 g/mol.